The fourth-order valence-corrected chi connectivity index (χ4v) is 2.87. The molecule has 3 aromatic carbocycles. The highest BCUT2D eigenvalue weighted by Gasteiger charge is 2.18. The molecule has 4 rings (SSSR count). The van der Waals surface area contributed by atoms with Crippen LogP contribution in [0, 0.1) is 0 Å². The van der Waals surface area contributed by atoms with Crippen molar-refractivity contribution in [3.8, 4) is 16.9 Å². The Hall–Kier alpha value is -2.28. The molecule has 100 valence electrons. The number of rotatable bonds is 0. The molecule has 0 saturated carbocycles. The van der Waals surface area contributed by atoms with E-state index < -0.39 is 0 Å². The van der Waals surface area contributed by atoms with Crippen LogP contribution in [0.4, 0.5) is 0 Å². The Bertz CT molecular complexity index is 772. The van der Waals surface area contributed by atoms with Gasteiger partial charge in [-0.05, 0) is 57.6 Å². The second kappa shape index (κ2) is 5.01. The van der Waals surface area contributed by atoms with Crippen LogP contribution < -0.4 is 0 Å². The molecule has 1 heteroatoms. The van der Waals surface area contributed by atoms with Gasteiger partial charge in [0.2, 0.25) is 0 Å². The van der Waals surface area contributed by atoms with Gasteiger partial charge in [-0.3, -0.25) is 0 Å². The van der Waals surface area contributed by atoms with Gasteiger partial charge >= 0.3 is 0 Å². The van der Waals surface area contributed by atoms with Crippen molar-refractivity contribution in [3.05, 3.63) is 65.7 Å². The van der Waals surface area contributed by atoms with Crippen LogP contribution in [0.1, 0.15) is 25.0 Å². The van der Waals surface area contributed by atoms with Crippen molar-refractivity contribution in [1.29, 1.82) is 0 Å². The monoisotopic (exact) mass is 262 g/mol. The second-order valence-corrected chi connectivity index (χ2v) is 4.87. The third-order valence-electron chi connectivity index (χ3n) is 3.73. The van der Waals surface area contributed by atoms with E-state index in [1.807, 2.05) is 26.0 Å². The molecule has 0 heterocycles. The summed E-state index contributed by atoms with van der Waals surface area (Å²) in [6.07, 6.45) is 0.997. The lowest BCUT2D eigenvalue weighted by Crippen LogP contribution is -1.81. The van der Waals surface area contributed by atoms with E-state index in [0.717, 1.165) is 11.8 Å². The molecule has 0 radical (unpaired) electrons. The zero-order chi connectivity index (χ0) is 14.1. The number of hydrogen-bond acceptors (Lipinski definition) is 1. The fourth-order valence-electron chi connectivity index (χ4n) is 2.87. The minimum absolute atomic E-state index is 0.331. The first-order valence-corrected chi connectivity index (χ1v) is 7.15. The van der Waals surface area contributed by atoms with Gasteiger partial charge in [0.25, 0.3) is 0 Å². The van der Waals surface area contributed by atoms with Gasteiger partial charge in [0.05, 0.1) is 0 Å². The zero-order valence-electron chi connectivity index (χ0n) is 11.9. The molecular weight excluding hydrogens is 244 g/mol. The summed E-state index contributed by atoms with van der Waals surface area (Å²) >= 11 is 0. The van der Waals surface area contributed by atoms with E-state index in [9.17, 15) is 5.11 Å². The van der Waals surface area contributed by atoms with Gasteiger partial charge < -0.3 is 5.11 Å². The first kappa shape index (κ1) is 12.7. The van der Waals surface area contributed by atoms with Crippen molar-refractivity contribution in [2.45, 2.75) is 20.3 Å². The predicted molar refractivity (Wildman–Crippen MR) is 85.2 cm³/mol. The molecule has 0 saturated heterocycles. The summed E-state index contributed by atoms with van der Waals surface area (Å²) in [6.45, 7) is 4.00. The summed E-state index contributed by atoms with van der Waals surface area (Å²) in [5, 5.41) is 11.8. The molecule has 0 spiro atoms. The van der Waals surface area contributed by atoms with Gasteiger partial charge in [-0.15, -0.1) is 0 Å². The Balaban J connectivity index is 0.000000581. The molecule has 0 amide bonds. The number of fused-ring (bicyclic) bond motifs is 4. The first-order valence-electron chi connectivity index (χ1n) is 7.15. The Morgan fingerprint density at radius 1 is 0.750 bits per heavy atom. The summed E-state index contributed by atoms with van der Waals surface area (Å²) < 4.78 is 0. The maximum atomic E-state index is 9.55. The average molecular weight is 262 g/mol. The zero-order valence-corrected chi connectivity index (χ0v) is 11.9. The number of hydrogen-bond donors (Lipinski definition) is 1. The number of aromatic hydroxyl groups is 1. The Kier molecular flexibility index (Phi) is 3.19. The molecule has 1 N–H and O–H groups in total. The van der Waals surface area contributed by atoms with Crippen LogP contribution >= 0.6 is 0 Å². The summed E-state index contributed by atoms with van der Waals surface area (Å²) in [5.74, 6) is 0.331. The van der Waals surface area contributed by atoms with Crippen LogP contribution in [-0.4, -0.2) is 5.11 Å². The third-order valence-corrected chi connectivity index (χ3v) is 3.73. The minimum atomic E-state index is 0.331. The van der Waals surface area contributed by atoms with E-state index >= 15 is 0 Å². The highest BCUT2D eigenvalue weighted by Crippen LogP contribution is 2.39. The Morgan fingerprint density at radius 2 is 1.55 bits per heavy atom. The van der Waals surface area contributed by atoms with Crippen LogP contribution in [0.25, 0.3) is 21.9 Å². The lowest BCUT2D eigenvalue weighted by Gasteiger charge is -2.04. The van der Waals surface area contributed by atoms with E-state index in [1.165, 1.54) is 27.6 Å². The maximum Gasteiger partial charge on any atom is 0.116 e. The molecule has 0 unspecified atom stereocenters. The van der Waals surface area contributed by atoms with Crippen molar-refractivity contribution in [3.63, 3.8) is 0 Å². The Morgan fingerprint density at radius 3 is 2.40 bits per heavy atom. The van der Waals surface area contributed by atoms with Gasteiger partial charge in [-0.25, -0.2) is 0 Å². The Labute approximate surface area is 119 Å². The SMILES string of the molecule is CC.Oc1ccc2cc3c(cc2c1)Cc1ccccc1-3. The summed E-state index contributed by atoms with van der Waals surface area (Å²) in [5.41, 5.74) is 5.44. The number of phenols is 1. The molecule has 3 aromatic rings. The third kappa shape index (κ3) is 1.96. The van der Waals surface area contributed by atoms with Gasteiger partial charge in [0, 0.05) is 0 Å². The van der Waals surface area contributed by atoms with E-state index in [4.69, 9.17) is 0 Å². The molecule has 1 aliphatic carbocycles. The molecule has 0 aromatic heterocycles. The van der Waals surface area contributed by atoms with Crippen LogP contribution in [0.5, 0.6) is 5.75 Å². The highest BCUT2D eigenvalue weighted by atomic mass is 16.3. The lowest BCUT2D eigenvalue weighted by atomic mass is 10.0. The molecule has 0 bridgehead atoms. The van der Waals surface area contributed by atoms with E-state index in [1.54, 1.807) is 6.07 Å². The topological polar surface area (TPSA) is 20.2 Å². The summed E-state index contributed by atoms with van der Waals surface area (Å²) in [7, 11) is 0. The highest BCUT2D eigenvalue weighted by molar-refractivity contribution is 5.92. The molecule has 1 aliphatic rings. The molecule has 0 fully saturated rings. The van der Waals surface area contributed by atoms with Crippen molar-refractivity contribution in [2.75, 3.05) is 0 Å². The largest absolute Gasteiger partial charge is 0.508 e. The van der Waals surface area contributed by atoms with Crippen LogP contribution in [0.15, 0.2) is 54.6 Å². The molecule has 0 atom stereocenters. The van der Waals surface area contributed by atoms with Gasteiger partial charge in [0.1, 0.15) is 5.75 Å². The normalized spacial score (nSPS) is 11.5. The van der Waals surface area contributed by atoms with Crippen LogP contribution in [0.2, 0.25) is 0 Å². The molecule has 1 nitrogen and oxygen atoms in total. The summed E-state index contributed by atoms with van der Waals surface area (Å²) in [6, 6.07) is 18.6. The number of benzene rings is 3. The van der Waals surface area contributed by atoms with E-state index in [2.05, 4.69) is 36.4 Å². The standard InChI is InChI=1S/C17H12O.C2H6/c18-15-6-5-11-10-17-14(8-13(11)9-15)7-12-3-1-2-4-16(12)17;1-2/h1-6,8-10,18H,7H2;1-2H3. The van der Waals surface area contributed by atoms with E-state index in [-0.39, 0.29) is 0 Å². The van der Waals surface area contributed by atoms with Gasteiger partial charge in [-0.1, -0.05) is 50.2 Å². The fraction of sp³-hybridized carbons (Fsp3) is 0.158. The second-order valence-electron chi connectivity index (χ2n) is 4.87. The summed E-state index contributed by atoms with van der Waals surface area (Å²) in [4.78, 5) is 0. The minimum Gasteiger partial charge on any atom is -0.508 e. The molecular formula is C19H18O. The maximum absolute atomic E-state index is 9.55. The average Bonchev–Trinajstić information content (AvgIpc) is 2.84. The number of phenolic OH excluding ortho intramolecular Hbond substituents is 1. The molecule has 0 aliphatic heterocycles. The van der Waals surface area contributed by atoms with Crippen LogP contribution in [0.3, 0.4) is 0 Å². The van der Waals surface area contributed by atoms with Gasteiger partial charge in [0.15, 0.2) is 0 Å². The lowest BCUT2D eigenvalue weighted by molar-refractivity contribution is 0.476. The first-order chi connectivity index (χ1) is 9.81. The van der Waals surface area contributed by atoms with Crippen molar-refractivity contribution < 1.29 is 5.11 Å². The van der Waals surface area contributed by atoms with Crippen LogP contribution in [-0.2, 0) is 6.42 Å². The van der Waals surface area contributed by atoms with Crippen molar-refractivity contribution in [1.82, 2.24) is 0 Å². The van der Waals surface area contributed by atoms with E-state index in [0.29, 0.717) is 5.75 Å². The van der Waals surface area contributed by atoms with Crippen molar-refractivity contribution in [2.24, 2.45) is 0 Å². The predicted octanol–water partition coefficient (Wildman–Crippen LogP) is 5.14. The quantitative estimate of drug-likeness (QED) is 0.465. The smallest absolute Gasteiger partial charge is 0.116 e. The van der Waals surface area contributed by atoms with Crippen molar-refractivity contribution >= 4 is 10.8 Å². The molecule has 20 heavy (non-hydrogen) atoms. The van der Waals surface area contributed by atoms with Gasteiger partial charge in [-0.2, -0.15) is 0 Å².